The lowest BCUT2D eigenvalue weighted by atomic mass is 9.98. The summed E-state index contributed by atoms with van der Waals surface area (Å²) in [7, 11) is 0. The second kappa shape index (κ2) is 5.14. The summed E-state index contributed by atoms with van der Waals surface area (Å²) in [5.74, 6) is 1.44. The fraction of sp³-hybridized carbons (Fsp3) is 0.833. The molecule has 2 heterocycles. The molecule has 17 heavy (non-hydrogen) atoms. The van der Waals surface area contributed by atoms with E-state index < -0.39 is 0 Å². The number of aryl methyl sites for hydroxylation is 1. The van der Waals surface area contributed by atoms with Crippen molar-refractivity contribution in [3.05, 3.63) is 11.7 Å². The lowest BCUT2D eigenvalue weighted by molar-refractivity contribution is 0.202. The van der Waals surface area contributed by atoms with Crippen LogP contribution in [-0.4, -0.2) is 40.2 Å². The zero-order valence-electron chi connectivity index (χ0n) is 11.0. The van der Waals surface area contributed by atoms with Gasteiger partial charge in [0.25, 0.3) is 0 Å². The monoisotopic (exact) mass is 238 g/mol. The van der Waals surface area contributed by atoms with Crippen molar-refractivity contribution >= 4 is 0 Å². The van der Waals surface area contributed by atoms with Crippen LogP contribution in [0.15, 0.2) is 4.52 Å². The minimum Gasteiger partial charge on any atom is -0.340 e. The predicted molar refractivity (Wildman–Crippen MR) is 65.6 cm³/mol. The maximum Gasteiger partial charge on any atom is 0.223 e. The van der Waals surface area contributed by atoms with Crippen LogP contribution in [-0.2, 0) is 6.54 Å². The number of aromatic nitrogens is 2. The van der Waals surface area contributed by atoms with Gasteiger partial charge in [-0.1, -0.05) is 12.1 Å². The molecule has 96 valence electrons. The van der Waals surface area contributed by atoms with Crippen molar-refractivity contribution in [2.45, 2.75) is 45.7 Å². The lowest BCUT2D eigenvalue weighted by Gasteiger charge is -2.32. The second-order valence-electron chi connectivity index (χ2n) is 5.13. The van der Waals surface area contributed by atoms with Crippen molar-refractivity contribution in [3.8, 4) is 0 Å². The molecule has 1 unspecified atom stereocenters. The van der Waals surface area contributed by atoms with Crippen LogP contribution in [0, 0.1) is 6.92 Å². The fourth-order valence-electron chi connectivity index (χ4n) is 2.30. The Morgan fingerprint density at radius 1 is 1.53 bits per heavy atom. The zero-order chi connectivity index (χ0) is 12.3. The molecule has 0 bridgehead atoms. The van der Waals surface area contributed by atoms with E-state index in [0.717, 1.165) is 38.4 Å². The van der Waals surface area contributed by atoms with Crippen molar-refractivity contribution in [3.63, 3.8) is 0 Å². The Bertz CT molecular complexity index is 365. The topological polar surface area (TPSA) is 54.2 Å². The highest BCUT2D eigenvalue weighted by molar-refractivity contribution is 4.91. The zero-order valence-corrected chi connectivity index (χ0v) is 11.0. The molecular formula is C12H22N4O. The number of rotatable bonds is 3. The Hall–Kier alpha value is -0.940. The molecule has 0 spiro atoms. The van der Waals surface area contributed by atoms with Crippen LogP contribution < -0.4 is 5.32 Å². The van der Waals surface area contributed by atoms with Gasteiger partial charge in [-0.15, -0.1) is 0 Å². The molecule has 5 nitrogen and oxygen atoms in total. The van der Waals surface area contributed by atoms with E-state index in [-0.39, 0.29) is 5.54 Å². The largest absolute Gasteiger partial charge is 0.340 e. The highest BCUT2D eigenvalue weighted by atomic mass is 16.5. The van der Waals surface area contributed by atoms with Crippen LogP contribution >= 0.6 is 0 Å². The van der Waals surface area contributed by atoms with Gasteiger partial charge >= 0.3 is 0 Å². The fourth-order valence-corrected chi connectivity index (χ4v) is 2.30. The number of hydrogen-bond acceptors (Lipinski definition) is 5. The summed E-state index contributed by atoms with van der Waals surface area (Å²) in [4.78, 5) is 6.68. The van der Waals surface area contributed by atoms with E-state index in [9.17, 15) is 0 Å². The highest BCUT2D eigenvalue weighted by Gasteiger charge is 2.27. The van der Waals surface area contributed by atoms with Gasteiger partial charge in [-0.05, 0) is 32.9 Å². The van der Waals surface area contributed by atoms with Gasteiger partial charge in [0.15, 0.2) is 5.82 Å². The summed E-state index contributed by atoms with van der Waals surface area (Å²) in [5, 5.41) is 7.59. The molecule has 1 aliphatic rings. The highest BCUT2D eigenvalue weighted by Crippen LogP contribution is 2.16. The second-order valence-corrected chi connectivity index (χ2v) is 5.13. The lowest BCUT2D eigenvalue weighted by Crippen LogP contribution is -2.48. The predicted octanol–water partition coefficient (Wildman–Crippen LogP) is 1.34. The van der Waals surface area contributed by atoms with Crippen molar-refractivity contribution in [2.24, 2.45) is 0 Å². The molecule has 0 saturated carbocycles. The van der Waals surface area contributed by atoms with Gasteiger partial charge < -0.3 is 9.84 Å². The summed E-state index contributed by atoms with van der Waals surface area (Å²) in [6, 6.07) is 0. The van der Waals surface area contributed by atoms with Crippen LogP contribution in [0.3, 0.4) is 0 Å². The summed E-state index contributed by atoms with van der Waals surface area (Å²) in [6.45, 7) is 10.4. The maximum absolute atomic E-state index is 5.01. The van der Waals surface area contributed by atoms with E-state index in [1.54, 1.807) is 0 Å². The molecule has 1 aliphatic heterocycles. The third-order valence-electron chi connectivity index (χ3n) is 3.49. The van der Waals surface area contributed by atoms with Crippen molar-refractivity contribution in [1.82, 2.24) is 20.4 Å². The SMILES string of the molecule is CCC1(C)CN(Cc2noc(C)n2)CCCN1. The van der Waals surface area contributed by atoms with Gasteiger partial charge in [-0.25, -0.2) is 0 Å². The quantitative estimate of drug-likeness (QED) is 0.861. The molecule has 0 amide bonds. The molecule has 1 N–H and O–H groups in total. The first kappa shape index (κ1) is 12.5. The van der Waals surface area contributed by atoms with E-state index in [1.165, 1.54) is 6.42 Å². The average Bonchev–Trinajstić information content (AvgIpc) is 2.59. The average molecular weight is 238 g/mol. The van der Waals surface area contributed by atoms with Crippen molar-refractivity contribution in [2.75, 3.05) is 19.6 Å². The molecular weight excluding hydrogens is 216 g/mol. The molecule has 2 rings (SSSR count). The van der Waals surface area contributed by atoms with Gasteiger partial charge in [0.2, 0.25) is 5.89 Å². The van der Waals surface area contributed by atoms with Gasteiger partial charge in [0, 0.05) is 19.0 Å². The first-order valence-electron chi connectivity index (χ1n) is 6.38. The molecule has 1 atom stereocenters. The van der Waals surface area contributed by atoms with Gasteiger partial charge in [0.1, 0.15) is 0 Å². The Kier molecular flexibility index (Phi) is 3.79. The minimum absolute atomic E-state index is 0.204. The van der Waals surface area contributed by atoms with Crippen LogP contribution in [0.25, 0.3) is 0 Å². The third kappa shape index (κ3) is 3.26. The Labute approximate surface area is 103 Å². The molecule has 0 aliphatic carbocycles. The Morgan fingerprint density at radius 2 is 2.35 bits per heavy atom. The van der Waals surface area contributed by atoms with Crippen LogP contribution in [0.1, 0.15) is 38.4 Å². The number of nitrogens with one attached hydrogen (secondary N) is 1. The van der Waals surface area contributed by atoms with Gasteiger partial charge in [-0.3, -0.25) is 4.90 Å². The van der Waals surface area contributed by atoms with E-state index in [2.05, 4.69) is 34.2 Å². The summed E-state index contributed by atoms with van der Waals surface area (Å²) in [6.07, 6.45) is 2.31. The maximum atomic E-state index is 5.01. The molecule has 0 aromatic carbocycles. The van der Waals surface area contributed by atoms with E-state index >= 15 is 0 Å². The number of hydrogen-bond donors (Lipinski definition) is 1. The molecule has 1 saturated heterocycles. The van der Waals surface area contributed by atoms with Crippen molar-refractivity contribution in [1.29, 1.82) is 0 Å². The molecule has 1 aromatic rings. The first-order chi connectivity index (χ1) is 8.11. The van der Waals surface area contributed by atoms with Crippen LogP contribution in [0.5, 0.6) is 0 Å². The Morgan fingerprint density at radius 3 is 3.00 bits per heavy atom. The molecule has 1 aromatic heterocycles. The number of nitrogens with zero attached hydrogens (tertiary/aromatic N) is 3. The van der Waals surface area contributed by atoms with Gasteiger partial charge in [-0.2, -0.15) is 4.98 Å². The van der Waals surface area contributed by atoms with E-state index in [0.29, 0.717) is 5.89 Å². The minimum atomic E-state index is 0.204. The van der Waals surface area contributed by atoms with Gasteiger partial charge in [0.05, 0.1) is 6.54 Å². The summed E-state index contributed by atoms with van der Waals surface area (Å²) < 4.78 is 5.01. The third-order valence-corrected chi connectivity index (χ3v) is 3.49. The Balaban J connectivity index is 1.99. The van der Waals surface area contributed by atoms with E-state index in [1.807, 2.05) is 6.92 Å². The smallest absolute Gasteiger partial charge is 0.223 e. The molecule has 1 fully saturated rings. The summed E-state index contributed by atoms with van der Waals surface area (Å²) in [5.41, 5.74) is 0.204. The normalized spacial score (nSPS) is 27.0. The molecule has 5 heteroatoms. The first-order valence-corrected chi connectivity index (χ1v) is 6.38. The standard InChI is InChI=1S/C12H22N4O/c1-4-12(3)9-16(7-5-6-13-12)8-11-14-10(2)17-15-11/h13H,4-9H2,1-3H3. The summed E-state index contributed by atoms with van der Waals surface area (Å²) >= 11 is 0. The van der Waals surface area contributed by atoms with E-state index in [4.69, 9.17) is 4.52 Å². The van der Waals surface area contributed by atoms with Crippen LogP contribution in [0.2, 0.25) is 0 Å². The van der Waals surface area contributed by atoms with Crippen LogP contribution in [0.4, 0.5) is 0 Å². The molecule has 0 radical (unpaired) electrons. The van der Waals surface area contributed by atoms with Crippen molar-refractivity contribution < 1.29 is 4.52 Å².